The van der Waals surface area contributed by atoms with Gasteiger partial charge in [0.25, 0.3) is 0 Å². The van der Waals surface area contributed by atoms with Gasteiger partial charge in [-0.3, -0.25) is 14.4 Å². The number of carbonyl (C=O) groups is 4. The molecule has 0 aliphatic carbocycles. The number of carbonyl (C=O) groups excluding carboxylic acids is 4. The van der Waals surface area contributed by atoms with E-state index >= 15 is 0 Å². The fraction of sp³-hybridized carbons (Fsp3) is 0.478. The smallest absolute Gasteiger partial charge is 0.334 e. The second-order valence-corrected chi connectivity index (χ2v) is 7.28. The van der Waals surface area contributed by atoms with Crippen LogP contribution in [-0.2, 0) is 23.9 Å². The molecule has 0 N–H and O–H groups in total. The van der Waals surface area contributed by atoms with Gasteiger partial charge in [0.2, 0.25) is 0 Å². The number of ketones is 3. The zero-order valence-electron chi connectivity index (χ0n) is 17.7. The third kappa shape index (κ3) is 9.40. The molecule has 0 heterocycles. The van der Waals surface area contributed by atoms with Crippen molar-refractivity contribution in [1.29, 1.82) is 0 Å². The number of rotatable bonds is 13. The minimum absolute atomic E-state index is 0.0151. The van der Waals surface area contributed by atoms with Crippen LogP contribution >= 0.6 is 0 Å². The average Bonchev–Trinajstić information content (AvgIpc) is 2.62. The molecule has 0 aromatic heterocycles. The molecular weight excluding hydrogens is 356 g/mol. The quantitative estimate of drug-likeness (QED) is 0.266. The van der Waals surface area contributed by atoms with Crippen LogP contribution < -0.4 is 0 Å². The van der Waals surface area contributed by atoms with Crippen LogP contribution in [0.5, 0.6) is 0 Å². The van der Waals surface area contributed by atoms with Gasteiger partial charge in [0, 0.05) is 24.3 Å². The third-order valence-corrected chi connectivity index (χ3v) is 4.36. The molecule has 0 aromatic carbocycles. The number of esters is 1. The van der Waals surface area contributed by atoms with Crippen LogP contribution in [0, 0.1) is 11.8 Å². The first kappa shape index (κ1) is 25.4. The van der Waals surface area contributed by atoms with E-state index in [-0.39, 0.29) is 41.7 Å². The molecule has 0 unspecified atom stereocenters. The first-order chi connectivity index (χ1) is 13.0. The molecule has 0 aliphatic heterocycles. The number of Topliss-reactive ketones (excluding diaryl/α,β-unsaturated/α-hetero) is 2. The van der Waals surface area contributed by atoms with Gasteiger partial charge in [-0.25, -0.2) is 4.79 Å². The van der Waals surface area contributed by atoms with Crippen molar-refractivity contribution in [2.45, 2.75) is 53.4 Å². The van der Waals surface area contributed by atoms with Crippen LogP contribution in [-0.4, -0.2) is 30.4 Å². The molecule has 0 rings (SSSR count). The molecule has 154 valence electrons. The van der Waals surface area contributed by atoms with Crippen LogP contribution in [0.4, 0.5) is 0 Å². The number of methoxy groups -OCH3 is 1. The normalized spacial score (nSPS) is 13.1. The van der Waals surface area contributed by atoms with Gasteiger partial charge in [0.15, 0.2) is 11.6 Å². The molecule has 0 saturated heterocycles. The standard InChI is InChI=1S/C23H32O5/c1-8-9-10-17(6)11-19(24)12-18(23(27)28-7)13-22(26)20(15(2)3)14-21(25)16(4)5/h8,11-12,15,20H,1,4,9-10,13-14H2,2-3,5-7H3/b17-11+,18-12+/t20-/m0/s1. The van der Waals surface area contributed by atoms with Crippen molar-refractivity contribution >= 4 is 23.3 Å². The van der Waals surface area contributed by atoms with Crippen LogP contribution in [0.25, 0.3) is 0 Å². The van der Waals surface area contributed by atoms with Crippen LogP contribution in [0.15, 0.2) is 48.1 Å². The molecule has 5 nitrogen and oxygen atoms in total. The summed E-state index contributed by atoms with van der Waals surface area (Å²) in [6, 6.07) is 0. The Kier molecular flexibility index (Phi) is 11.6. The molecule has 0 aliphatic rings. The topological polar surface area (TPSA) is 77.5 Å². The highest BCUT2D eigenvalue weighted by atomic mass is 16.5. The van der Waals surface area contributed by atoms with Crippen molar-refractivity contribution in [2.75, 3.05) is 7.11 Å². The van der Waals surface area contributed by atoms with Gasteiger partial charge >= 0.3 is 5.97 Å². The predicted molar refractivity (Wildman–Crippen MR) is 111 cm³/mol. The first-order valence-corrected chi connectivity index (χ1v) is 9.35. The molecule has 5 heteroatoms. The highest BCUT2D eigenvalue weighted by Gasteiger charge is 2.27. The van der Waals surface area contributed by atoms with E-state index in [0.717, 1.165) is 18.1 Å². The lowest BCUT2D eigenvalue weighted by molar-refractivity contribution is -0.137. The number of allylic oxidation sites excluding steroid dienone is 5. The van der Waals surface area contributed by atoms with Crippen molar-refractivity contribution in [1.82, 2.24) is 0 Å². The summed E-state index contributed by atoms with van der Waals surface area (Å²) in [5.41, 5.74) is 1.22. The Labute approximate surface area is 168 Å². The van der Waals surface area contributed by atoms with Gasteiger partial charge in [0.1, 0.15) is 5.78 Å². The minimum atomic E-state index is -0.729. The van der Waals surface area contributed by atoms with Gasteiger partial charge in [-0.15, -0.1) is 6.58 Å². The minimum Gasteiger partial charge on any atom is -0.466 e. The van der Waals surface area contributed by atoms with E-state index in [0.29, 0.717) is 12.0 Å². The zero-order valence-corrected chi connectivity index (χ0v) is 17.7. The van der Waals surface area contributed by atoms with Gasteiger partial charge in [0.05, 0.1) is 7.11 Å². The summed E-state index contributed by atoms with van der Waals surface area (Å²) in [7, 11) is 1.20. The Morgan fingerprint density at radius 1 is 1.07 bits per heavy atom. The van der Waals surface area contributed by atoms with Gasteiger partial charge < -0.3 is 4.74 Å². The molecule has 28 heavy (non-hydrogen) atoms. The monoisotopic (exact) mass is 388 g/mol. The van der Waals surface area contributed by atoms with Gasteiger partial charge in [-0.2, -0.15) is 0 Å². The summed E-state index contributed by atoms with van der Waals surface area (Å²) in [6.45, 7) is 14.3. The number of hydrogen-bond donors (Lipinski definition) is 0. The number of ether oxygens (including phenoxy) is 1. The summed E-state index contributed by atoms with van der Waals surface area (Å²) < 4.78 is 4.72. The van der Waals surface area contributed by atoms with E-state index in [2.05, 4.69) is 13.2 Å². The Hall–Kier alpha value is -2.56. The van der Waals surface area contributed by atoms with Crippen LogP contribution in [0.3, 0.4) is 0 Å². The third-order valence-electron chi connectivity index (χ3n) is 4.36. The molecule has 0 bridgehead atoms. The average molecular weight is 389 g/mol. The highest BCUT2D eigenvalue weighted by Crippen LogP contribution is 2.22. The molecule has 0 saturated carbocycles. The summed E-state index contributed by atoms with van der Waals surface area (Å²) >= 11 is 0. The van der Waals surface area contributed by atoms with E-state index in [1.165, 1.54) is 13.2 Å². The second kappa shape index (κ2) is 12.8. The largest absolute Gasteiger partial charge is 0.466 e. The Morgan fingerprint density at radius 2 is 1.68 bits per heavy atom. The maximum absolute atomic E-state index is 12.8. The number of hydrogen-bond acceptors (Lipinski definition) is 5. The maximum atomic E-state index is 12.8. The lowest BCUT2D eigenvalue weighted by atomic mass is 9.83. The molecular formula is C23H32O5. The Balaban J connectivity index is 5.50. The molecule has 0 aromatic rings. The van der Waals surface area contributed by atoms with Gasteiger partial charge in [-0.05, 0) is 50.3 Å². The zero-order chi connectivity index (χ0) is 21.9. The van der Waals surface area contributed by atoms with Crippen molar-refractivity contribution in [3.05, 3.63) is 48.1 Å². The summed E-state index contributed by atoms with van der Waals surface area (Å²) in [6.07, 6.45) is 5.54. The fourth-order valence-corrected chi connectivity index (χ4v) is 2.59. The summed E-state index contributed by atoms with van der Waals surface area (Å²) in [4.78, 5) is 49.0. The highest BCUT2D eigenvalue weighted by molar-refractivity contribution is 6.07. The van der Waals surface area contributed by atoms with Crippen LogP contribution in [0.2, 0.25) is 0 Å². The summed E-state index contributed by atoms with van der Waals surface area (Å²) in [5, 5.41) is 0. The van der Waals surface area contributed by atoms with E-state index < -0.39 is 11.9 Å². The lowest BCUT2D eigenvalue weighted by Crippen LogP contribution is -2.25. The molecule has 0 radical (unpaired) electrons. The predicted octanol–water partition coefficient (Wildman–Crippen LogP) is 4.33. The fourth-order valence-electron chi connectivity index (χ4n) is 2.59. The van der Waals surface area contributed by atoms with E-state index in [4.69, 9.17) is 4.74 Å². The molecule has 0 spiro atoms. The van der Waals surface area contributed by atoms with E-state index in [1.807, 2.05) is 20.8 Å². The van der Waals surface area contributed by atoms with Crippen molar-refractivity contribution in [3.63, 3.8) is 0 Å². The SMILES string of the molecule is C=CCC/C(C)=C/C(=O)/C=C(\CC(=O)[C@@H](CC(=O)C(=C)C)C(C)C)C(=O)OC. The van der Waals surface area contributed by atoms with Crippen molar-refractivity contribution < 1.29 is 23.9 Å². The van der Waals surface area contributed by atoms with Crippen molar-refractivity contribution in [2.24, 2.45) is 11.8 Å². The van der Waals surface area contributed by atoms with E-state index in [1.54, 1.807) is 13.0 Å². The Morgan fingerprint density at radius 3 is 2.14 bits per heavy atom. The lowest BCUT2D eigenvalue weighted by Gasteiger charge is -2.19. The van der Waals surface area contributed by atoms with Crippen molar-refractivity contribution in [3.8, 4) is 0 Å². The molecule has 0 fully saturated rings. The maximum Gasteiger partial charge on any atom is 0.334 e. The van der Waals surface area contributed by atoms with Crippen LogP contribution in [0.1, 0.15) is 53.4 Å². The molecule has 1 atom stereocenters. The molecule has 0 amide bonds. The van der Waals surface area contributed by atoms with Gasteiger partial charge in [-0.1, -0.05) is 32.1 Å². The second-order valence-electron chi connectivity index (χ2n) is 7.28. The first-order valence-electron chi connectivity index (χ1n) is 9.35. The van der Waals surface area contributed by atoms with E-state index in [9.17, 15) is 19.2 Å². The Bertz CT molecular complexity index is 692. The summed E-state index contributed by atoms with van der Waals surface area (Å²) in [5.74, 6) is -2.22.